The molecule has 0 aromatic heterocycles. The third kappa shape index (κ3) is 9.12. The zero-order valence-electron chi connectivity index (χ0n) is 12.3. The second-order valence-corrected chi connectivity index (χ2v) is 4.25. The Morgan fingerprint density at radius 3 is 2.52 bits per heavy atom. The average molecular weight is 337 g/mol. The number of rotatable bonds is 7. The smallest absolute Gasteiger partial charge is 0.248 e. The van der Waals surface area contributed by atoms with Crippen LogP contribution in [0, 0.1) is 23.2 Å². The van der Waals surface area contributed by atoms with Crippen molar-refractivity contribution in [2.75, 3.05) is 18.5 Å². The Bertz CT molecular complexity index is 614. The molecule has 1 aromatic rings. The molecule has 0 aliphatic carbocycles. The standard InChI is InChI=1S/C15H16N4O3.ClH/c16-9-1-3-12-5-7-13(8-6-12)19-14(20)4-2-10-18-15(21)11-22-17;/h5-8H,2,4,10-11,17H2,(H,18,21)(H,19,20);1H. The van der Waals surface area contributed by atoms with Gasteiger partial charge in [-0.15, -0.1) is 12.4 Å². The van der Waals surface area contributed by atoms with Gasteiger partial charge in [0.15, 0.2) is 6.07 Å². The van der Waals surface area contributed by atoms with Gasteiger partial charge in [-0.05, 0) is 30.7 Å². The van der Waals surface area contributed by atoms with Crippen LogP contribution in [0.25, 0.3) is 0 Å². The second kappa shape index (κ2) is 12.0. The third-order valence-corrected chi connectivity index (χ3v) is 2.55. The minimum Gasteiger partial charge on any atom is -0.354 e. The van der Waals surface area contributed by atoms with Gasteiger partial charge in [0.05, 0.1) is 0 Å². The number of hydrogen-bond donors (Lipinski definition) is 3. The Morgan fingerprint density at radius 2 is 1.91 bits per heavy atom. The highest BCUT2D eigenvalue weighted by Gasteiger charge is 2.04. The summed E-state index contributed by atoms with van der Waals surface area (Å²) in [5.41, 5.74) is 1.34. The van der Waals surface area contributed by atoms with Crippen molar-refractivity contribution in [2.45, 2.75) is 12.8 Å². The van der Waals surface area contributed by atoms with Crippen LogP contribution in [0.15, 0.2) is 24.3 Å². The van der Waals surface area contributed by atoms with Crippen LogP contribution in [0.4, 0.5) is 5.69 Å². The molecule has 23 heavy (non-hydrogen) atoms. The van der Waals surface area contributed by atoms with Crippen LogP contribution >= 0.6 is 12.4 Å². The molecular weight excluding hydrogens is 320 g/mol. The van der Waals surface area contributed by atoms with Gasteiger partial charge in [0.1, 0.15) is 6.61 Å². The summed E-state index contributed by atoms with van der Waals surface area (Å²) in [6, 6.07) is 8.58. The van der Waals surface area contributed by atoms with E-state index in [1.54, 1.807) is 30.3 Å². The van der Waals surface area contributed by atoms with Crippen molar-refractivity contribution in [1.82, 2.24) is 5.32 Å². The molecule has 0 atom stereocenters. The fraction of sp³-hybridized carbons (Fsp3) is 0.267. The van der Waals surface area contributed by atoms with Crippen molar-refractivity contribution in [2.24, 2.45) is 5.90 Å². The van der Waals surface area contributed by atoms with Crippen molar-refractivity contribution in [3.63, 3.8) is 0 Å². The molecule has 1 rings (SSSR count). The molecule has 2 amide bonds. The number of anilines is 1. The van der Waals surface area contributed by atoms with Gasteiger partial charge in [-0.1, -0.05) is 5.92 Å². The molecular formula is C15H17ClN4O3. The number of nitrogens with two attached hydrogens (primary N) is 1. The van der Waals surface area contributed by atoms with E-state index in [0.29, 0.717) is 24.2 Å². The second-order valence-electron chi connectivity index (χ2n) is 4.25. The first kappa shape index (κ1) is 20.4. The van der Waals surface area contributed by atoms with E-state index in [1.165, 1.54) is 0 Å². The van der Waals surface area contributed by atoms with Crippen LogP contribution in [-0.2, 0) is 14.4 Å². The van der Waals surface area contributed by atoms with Gasteiger partial charge in [0, 0.05) is 30.1 Å². The summed E-state index contributed by atoms with van der Waals surface area (Å²) >= 11 is 0. The zero-order valence-corrected chi connectivity index (χ0v) is 13.1. The van der Waals surface area contributed by atoms with E-state index in [4.69, 9.17) is 11.2 Å². The number of hydrogen-bond acceptors (Lipinski definition) is 5. The molecule has 0 bridgehead atoms. The van der Waals surface area contributed by atoms with E-state index in [9.17, 15) is 9.59 Å². The molecule has 0 saturated carbocycles. The highest BCUT2D eigenvalue weighted by molar-refractivity contribution is 5.90. The summed E-state index contributed by atoms with van der Waals surface area (Å²) in [5, 5.41) is 13.6. The number of carbonyl (C=O) groups excluding carboxylic acids is 2. The molecule has 0 saturated heterocycles. The fourth-order valence-corrected chi connectivity index (χ4v) is 1.56. The van der Waals surface area contributed by atoms with Crippen molar-refractivity contribution in [3.05, 3.63) is 29.8 Å². The number of halogens is 1. The SMILES string of the molecule is Cl.N#CC#Cc1ccc(NC(=O)CCCNC(=O)CON)cc1. The molecule has 0 aliphatic rings. The Kier molecular flexibility index (Phi) is 10.7. The van der Waals surface area contributed by atoms with Crippen LogP contribution in [0.2, 0.25) is 0 Å². The molecule has 0 radical (unpaired) electrons. The summed E-state index contributed by atoms with van der Waals surface area (Å²) in [4.78, 5) is 26.9. The lowest BCUT2D eigenvalue weighted by Gasteiger charge is -2.06. The topological polar surface area (TPSA) is 117 Å². The predicted molar refractivity (Wildman–Crippen MR) is 87.2 cm³/mol. The number of nitrogens with one attached hydrogen (secondary N) is 2. The zero-order chi connectivity index (χ0) is 16.2. The lowest BCUT2D eigenvalue weighted by Crippen LogP contribution is -2.30. The van der Waals surface area contributed by atoms with Crippen molar-refractivity contribution in [3.8, 4) is 17.9 Å². The van der Waals surface area contributed by atoms with E-state index >= 15 is 0 Å². The van der Waals surface area contributed by atoms with Gasteiger partial charge in [-0.2, -0.15) is 5.26 Å². The van der Waals surface area contributed by atoms with E-state index in [0.717, 1.165) is 0 Å². The molecule has 0 fully saturated rings. The number of carbonyl (C=O) groups is 2. The van der Waals surface area contributed by atoms with Crippen LogP contribution in [0.5, 0.6) is 0 Å². The summed E-state index contributed by atoms with van der Waals surface area (Å²) in [6.45, 7) is 0.172. The van der Waals surface area contributed by atoms with E-state index in [-0.39, 0.29) is 37.2 Å². The molecule has 0 heterocycles. The number of benzene rings is 1. The molecule has 0 unspecified atom stereocenters. The molecule has 1 aromatic carbocycles. The summed E-state index contributed by atoms with van der Waals surface area (Å²) in [5.74, 6) is 9.23. The van der Waals surface area contributed by atoms with E-state index in [1.807, 2.05) is 0 Å². The Morgan fingerprint density at radius 1 is 1.22 bits per heavy atom. The van der Waals surface area contributed by atoms with E-state index in [2.05, 4.69) is 27.3 Å². The molecule has 0 spiro atoms. The van der Waals surface area contributed by atoms with Crippen LogP contribution in [0.1, 0.15) is 18.4 Å². The third-order valence-electron chi connectivity index (χ3n) is 2.55. The number of nitriles is 1. The quantitative estimate of drug-likeness (QED) is 0.385. The first-order valence-electron chi connectivity index (χ1n) is 6.54. The maximum atomic E-state index is 11.7. The Labute approximate surface area is 140 Å². The van der Waals surface area contributed by atoms with Gasteiger partial charge >= 0.3 is 0 Å². The van der Waals surface area contributed by atoms with Gasteiger partial charge in [0.2, 0.25) is 11.8 Å². The highest BCUT2D eigenvalue weighted by Crippen LogP contribution is 2.09. The number of amides is 2. The van der Waals surface area contributed by atoms with Crippen molar-refractivity contribution < 1.29 is 14.4 Å². The molecule has 7 nitrogen and oxygen atoms in total. The summed E-state index contributed by atoms with van der Waals surface area (Å²) in [6.07, 6.45) is 0.785. The molecule has 122 valence electrons. The van der Waals surface area contributed by atoms with Crippen LogP contribution < -0.4 is 16.5 Å². The average Bonchev–Trinajstić information content (AvgIpc) is 2.51. The molecule has 4 N–H and O–H groups in total. The van der Waals surface area contributed by atoms with Crippen molar-refractivity contribution >= 4 is 29.9 Å². The summed E-state index contributed by atoms with van der Waals surface area (Å²) < 4.78 is 0. The maximum Gasteiger partial charge on any atom is 0.248 e. The van der Waals surface area contributed by atoms with Gasteiger partial charge < -0.3 is 10.6 Å². The maximum absolute atomic E-state index is 11.7. The minimum atomic E-state index is -0.322. The Balaban J connectivity index is 0.00000484. The first-order chi connectivity index (χ1) is 10.7. The first-order valence-corrected chi connectivity index (χ1v) is 6.54. The predicted octanol–water partition coefficient (Wildman–Crippen LogP) is 0.709. The number of nitrogens with zero attached hydrogens (tertiary/aromatic N) is 1. The van der Waals surface area contributed by atoms with Gasteiger partial charge in [-0.25, -0.2) is 5.90 Å². The molecule has 8 heteroatoms. The normalized spacial score (nSPS) is 8.70. The lowest BCUT2D eigenvalue weighted by atomic mass is 10.2. The Hall–Kier alpha value is -2.58. The monoisotopic (exact) mass is 336 g/mol. The van der Waals surface area contributed by atoms with E-state index < -0.39 is 0 Å². The summed E-state index contributed by atoms with van der Waals surface area (Å²) in [7, 11) is 0. The minimum absolute atomic E-state index is 0. The lowest BCUT2D eigenvalue weighted by molar-refractivity contribution is -0.126. The highest BCUT2D eigenvalue weighted by atomic mass is 35.5. The fourth-order valence-electron chi connectivity index (χ4n) is 1.56. The molecule has 0 aliphatic heterocycles. The van der Waals surface area contributed by atoms with Crippen LogP contribution in [-0.4, -0.2) is 25.0 Å². The largest absolute Gasteiger partial charge is 0.354 e. The van der Waals surface area contributed by atoms with Crippen LogP contribution in [0.3, 0.4) is 0 Å². The van der Waals surface area contributed by atoms with Gasteiger partial charge in [-0.3, -0.25) is 14.4 Å². The van der Waals surface area contributed by atoms with Crippen molar-refractivity contribution in [1.29, 1.82) is 5.26 Å². The van der Waals surface area contributed by atoms with Gasteiger partial charge in [0.25, 0.3) is 0 Å².